The molecule has 1 aromatic heterocycles. The van der Waals surface area contributed by atoms with E-state index in [4.69, 9.17) is 19.0 Å². The molecule has 0 bridgehead atoms. The van der Waals surface area contributed by atoms with Gasteiger partial charge in [-0.25, -0.2) is 17.9 Å². The molecule has 0 saturated carbocycles. The Morgan fingerprint density at radius 1 is 1.62 bits per heavy atom. The van der Waals surface area contributed by atoms with E-state index < -0.39 is 27.4 Å². The fourth-order valence-corrected chi connectivity index (χ4v) is 3.96. The number of halogens is 1. The molecule has 8 nitrogen and oxygen atoms in total. The number of hydrogen-bond donors (Lipinski definition) is 2. The summed E-state index contributed by atoms with van der Waals surface area (Å²) in [5.74, 6) is -1.82. The zero-order valence-electron chi connectivity index (χ0n) is 11.1. The third kappa shape index (κ3) is 3.46. The van der Waals surface area contributed by atoms with Crippen molar-refractivity contribution in [2.24, 2.45) is 0 Å². The second kappa shape index (κ2) is 6.05. The van der Waals surface area contributed by atoms with Gasteiger partial charge in [-0.3, -0.25) is 0 Å². The van der Waals surface area contributed by atoms with Crippen LogP contribution in [0.15, 0.2) is 20.0 Å². The predicted octanol–water partition coefficient (Wildman–Crippen LogP) is 0.824. The zero-order valence-corrected chi connectivity index (χ0v) is 13.5. The lowest BCUT2D eigenvalue weighted by Gasteiger charge is -2.25. The van der Waals surface area contributed by atoms with Crippen molar-refractivity contribution in [2.75, 3.05) is 26.9 Å². The predicted molar refractivity (Wildman–Crippen MR) is 73.7 cm³/mol. The van der Waals surface area contributed by atoms with Gasteiger partial charge in [-0.15, -0.1) is 0 Å². The number of carbonyl (C=O) groups is 1. The van der Waals surface area contributed by atoms with E-state index in [1.807, 2.05) is 0 Å². The highest BCUT2D eigenvalue weighted by Gasteiger charge is 2.37. The van der Waals surface area contributed by atoms with Gasteiger partial charge in [-0.2, -0.15) is 0 Å². The molecule has 2 N–H and O–H groups in total. The van der Waals surface area contributed by atoms with Crippen molar-refractivity contribution < 1.29 is 32.2 Å². The Morgan fingerprint density at radius 2 is 2.33 bits per heavy atom. The van der Waals surface area contributed by atoms with Crippen LogP contribution in [-0.4, -0.2) is 52.0 Å². The second-order valence-corrected chi connectivity index (χ2v) is 7.02. The number of sulfonamides is 1. The first-order valence-electron chi connectivity index (χ1n) is 5.95. The van der Waals surface area contributed by atoms with Crippen molar-refractivity contribution in [3.63, 3.8) is 0 Å². The summed E-state index contributed by atoms with van der Waals surface area (Å²) in [5, 5.41) is 8.80. The molecule has 0 radical (unpaired) electrons. The van der Waals surface area contributed by atoms with Crippen LogP contribution in [0.3, 0.4) is 0 Å². The van der Waals surface area contributed by atoms with Gasteiger partial charge < -0.3 is 19.0 Å². The monoisotopic (exact) mass is 383 g/mol. The third-order valence-electron chi connectivity index (χ3n) is 3.24. The van der Waals surface area contributed by atoms with Crippen LogP contribution in [0, 0.1) is 0 Å². The molecule has 118 valence electrons. The van der Waals surface area contributed by atoms with Crippen LogP contribution in [0.1, 0.15) is 17.0 Å². The Balaban J connectivity index is 2.17. The molecule has 2 rings (SSSR count). The van der Waals surface area contributed by atoms with Gasteiger partial charge in [-0.1, -0.05) is 0 Å². The summed E-state index contributed by atoms with van der Waals surface area (Å²) in [4.78, 5) is 10.5. The average molecular weight is 384 g/mol. The van der Waals surface area contributed by atoms with Crippen LogP contribution in [0.2, 0.25) is 0 Å². The van der Waals surface area contributed by atoms with Crippen LogP contribution in [-0.2, 0) is 19.5 Å². The summed E-state index contributed by atoms with van der Waals surface area (Å²) in [5.41, 5.74) is -0.709. The van der Waals surface area contributed by atoms with Crippen LogP contribution < -0.4 is 4.72 Å². The molecule has 1 unspecified atom stereocenters. The molecule has 1 aromatic rings. The smallest absolute Gasteiger partial charge is 0.371 e. The van der Waals surface area contributed by atoms with Gasteiger partial charge in [-0.05, 0) is 15.9 Å². The van der Waals surface area contributed by atoms with Crippen LogP contribution in [0.25, 0.3) is 0 Å². The summed E-state index contributed by atoms with van der Waals surface area (Å²) in [6.07, 6.45) is 0.568. The van der Waals surface area contributed by atoms with E-state index >= 15 is 0 Å². The molecule has 1 aliphatic rings. The van der Waals surface area contributed by atoms with Crippen molar-refractivity contribution in [3.05, 3.63) is 16.5 Å². The fourth-order valence-electron chi connectivity index (χ4n) is 1.91. The van der Waals surface area contributed by atoms with Gasteiger partial charge in [0.15, 0.2) is 4.67 Å². The Morgan fingerprint density at radius 3 is 2.81 bits per heavy atom. The van der Waals surface area contributed by atoms with E-state index in [1.54, 1.807) is 0 Å². The second-order valence-electron chi connectivity index (χ2n) is 4.57. The highest BCUT2D eigenvalue weighted by Crippen LogP contribution is 2.27. The lowest BCUT2D eigenvalue weighted by atomic mass is 10.0. The lowest BCUT2D eigenvalue weighted by Crippen LogP contribution is -2.44. The van der Waals surface area contributed by atoms with Crippen molar-refractivity contribution in [3.8, 4) is 0 Å². The van der Waals surface area contributed by atoms with E-state index in [9.17, 15) is 13.2 Å². The van der Waals surface area contributed by atoms with Crippen LogP contribution >= 0.6 is 15.9 Å². The van der Waals surface area contributed by atoms with Gasteiger partial charge >= 0.3 is 5.97 Å². The minimum atomic E-state index is -3.93. The molecular formula is C11H14BrNO7S. The number of methoxy groups -OCH3 is 1. The van der Waals surface area contributed by atoms with Crippen LogP contribution in [0.4, 0.5) is 0 Å². The lowest BCUT2D eigenvalue weighted by molar-refractivity contribution is -0.0120. The molecule has 0 aliphatic carbocycles. The van der Waals surface area contributed by atoms with E-state index in [1.165, 1.54) is 7.11 Å². The molecule has 1 aliphatic heterocycles. The van der Waals surface area contributed by atoms with Gasteiger partial charge in [0.2, 0.25) is 15.8 Å². The maximum atomic E-state index is 12.2. The van der Waals surface area contributed by atoms with Crippen molar-refractivity contribution in [2.45, 2.75) is 16.9 Å². The quantitative estimate of drug-likeness (QED) is 0.746. The largest absolute Gasteiger partial charge is 0.475 e. The first-order valence-corrected chi connectivity index (χ1v) is 8.22. The van der Waals surface area contributed by atoms with E-state index in [0.717, 1.165) is 6.07 Å². The molecule has 1 fully saturated rings. The number of nitrogens with one attached hydrogen (secondary N) is 1. The van der Waals surface area contributed by atoms with Crippen molar-refractivity contribution in [1.29, 1.82) is 0 Å². The van der Waals surface area contributed by atoms with Gasteiger partial charge in [0.1, 0.15) is 10.5 Å². The summed E-state index contributed by atoms with van der Waals surface area (Å²) >= 11 is 2.90. The highest BCUT2D eigenvalue weighted by molar-refractivity contribution is 9.10. The molecule has 0 spiro atoms. The summed E-state index contributed by atoms with van der Waals surface area (Å²) in [6.45, 7) is 0.805. The summed E-state index contributed by atoms with van der Waals surface area (Å²) in [7, 11) is -2.44. The van der Waals surface area contributed by atoms with E-state index in [-0.39, 0.29) is 16.1 Å². The third-order valence-corrected chi connectivity index (χ3v) is 5.50. The summed E-state index contributed by atoms with van der Waals surface area (Å²) in [6, 6.07) is 0.944. The first-order chi connectivity index (χ1) is 9.80. The standard InChI is InChI=1S/C11H14BrNO7S/c1-18-11(2-3-19-6-11)5-13-21(16,17)8-4-7(10(14)15)20-9(8)12/h4,13H,2-3,5-6H2,1H3,(H,14,15). The minimum Gasteiger partial charge on any atom is -0.475 e. The number of ether oxygens (including phenoxy) is 2. The molecule has 1 saturated heterocycles. The number of aromatic carboxylic acids is 1. The maximum absolute atomic E-state index is 12.2. The number of hydrogen-bond acceptors (Lipinski definition) is 6. The van der Waals surface area contributed by atoms with E-state index in [0.29, 0.717) is 19.6 Å². The highest BCUT2D eigenvalue weighted by atomic mass is 79.9. The maximum Gasteiger partial charge on any atom is 0.371 e. The zero-order chi connectivity index (χ0) is 15.7. The molecule has 1 atom stereocenters. The molecule has 10 heteroatoms. The van der Waals surface area contributed by atoms with Crippen molar-refractivity contribution >= 4 is 31.9 Å². The Bertz CT molecular complexity index is 633. The topological polar surface area (TPSA) is 115 Å². The Kier molecular flexibility index (Phi) is 4.73. The normalized spacial score (nSPS) is 22.6. The Labute approximate surface area is 129 Å². The van der Waals surface area contributed by atoms with Gasteiger partial charge in [0.05, 0.1) is 6.61 Å². The number of rotatable bonds is 6. The average Bonchev–Trinajstić information content (AvgIpc) is 3.04. The molecular weight excluding hydrogens is 370 g/mol. The SMILES string of the molecule is COC1(CNS(=O)(=O)c2cc(C(=O)O)oc2Br)CCOC1. The Hall–Kier alpha value is -0.940. The van der Waals surface area contributed by atoms with Gasteiger partial charge in [0.25, 0.3) is 0 Å². The number of carboxylic acids is 1. The fraction of sp³-hybridized carbons (Fsp3) is 0.545. The molecule has 21 heavy (non-hydrogen) atoms. The molecule has 0 aromatic carbocycles. The van der Waals surface area contributed by atoms with E-state index in [2.05, 4.69) is 20.7 Å². The van der Waals surface area contributed by atoms with Gasteiger partial charge in [0, 0.05) is 32.7 Å². The summed E-state index contributed by atoms with van der Waals surface area (Å²) < 4.78 is 42.0. The van der Waals surface area contributed by atoms with Crippen LogP contribution in [0.5, 0.6) is 0 Å². The molecule has 0 amide bonds. The first kappa shape index (κ1) is 16.4. The minimum absolute atomic E-state index is 0.0197. The number of furan rings is 1. The molecule has 2 heterocycles. The van der Waals surface area contributed by atoms with Crippen molar-refractivity contribution in [1.82, 2.24) is 4.72 Å². The number of carboxylic acid groups (broad SMARTS) is 1.